The number of piperidine rings is 1. The first-order valence-corrected chi connectivity index (χ1v) is 15.4. The van der Waals surface area contributed by atoms with Gasteiger partial charge in [-0.3, -0.25) is 9.48 Å². The van der Waals surface area contributed by atoms with Gasteiger partial charge < -0.3 is 20.3 Å². The van der Waals surface area contributed by atoms with Crippen molar-refractivity contribution < 1.29 is 9.53 Å². The van der Waals surface area contributed by atoms with Gasteiger partial charge in [0.1, 0.15) is 5.82 Å². The fraction of sp³-hybridized carbons (Fsp3) is 0.533. The molecule has 2 saturated heterocycles. The van der Waals surface area contributed by atoms with Crippen LogP contribution in [0.25, 0.3) is 0 Å². The average Bonchev–Trinajstić information content (AvgIpc) is 3.56. The topological polar surface area (TPSA) is 97.2 Å². The lowest BCUT2D eigenvalue weighted by Crippen LogP contribution is -2.35. The van der Waals surface area contributed by atoms with E-state index in [1.54, 1.807) is 0 Å². The minimum atomic E-state index is -0.0455. The maximum absolute atomic E-state index is 13.0. The van der Waals surface area contributed by atoms with Gasteiger partial charge in [0.15, 0.2) is 0 Å². The van der Waals surface area contributed by atoms with Gasteiger partial charge in [0, 0.05) is 74.9 Å². The number of rotatable bonds is 7. The first-order valence-electron chi connectivity index (χ1n) is 14.5. The van der Waals surface area contributed by atoms with E-state index in [9.17, 15) is 4.79 Å². The molecule has 0 atom stereocenters. The van der Waals surface area contributed by atoms with Crippen LogP contribution in [-0.2, 0) is 24.8 Å². The Morgan fingerprint density at radius 3 is 2.67 bits per heavy atom. The lowest BCUT2D eigenvalue weighted by molar-refractivity contribution is 0.0903. The number of nitrogens with one attached hydrogen (secondary N) is 2. The molecule has 3 aliphatic rings. The molecule has 1 aromatic carbocycles. The van der Waals surface area contributed by atoms with E-state index in [1.807, 2.05) is 49.5 Å². The predicted molar refractivity (Wildman–Crippen MR) is 158 cm³/mol. The number of hydrogen-bond acceptors (Lipinski definition) is 8. The monoisotopic (exact) mass is 561 g/mol. The Kier molecular flexibility index (Phi) is 7.98. The highest BCUT2D eigenvalue weighted by atomic mass is 32.2. The number of ether oxygens (including phenoxy) is 1. The normalized spacial score (nSPS) is 18.1. The summed E-state index contributed by atoms with van der Waals surface area (Å²) < 4.78 is 7.41. The van der Waals surface area contributed by atoms with Gasteiger partial charge in [0.25, 0.3) is 5.91 Å². The standard InChI is InChI=1S/C30H39N7O2S/c1-19-25(20(2)36(3)35-19)18-31-29(38)23-6-4-5-22(17-23)21-7-12-37(13-8-21)30-33-26-11-16-40-27(26)28(34-30)32-24-9-14-39-15-10-24/h4-6,17,21,24H,7-16,18H2,1-3H3,(H,31,38)(H,32,33,34). The molecule has 2 fully saturated rings. The van der Waals surface area contributed by atoms with E-state index in [2.05, 4.69) is 32.8 Å². The third kappa shape index (κ3) is 5.69. The van der Waals surface area contributed by atoms with Gasteiger partial charge in [-0.25, -0.2) is 4.98 Å². The fourth-order valence-corrected chi connectivity index (χ4v) is 7.08. The quantitative estimate of drug-likeness (QED) is 0.439. The van der Waals surface area contributed by atoms with Crippen molar-refractivity contribution in [2.75, 3.05) is 42.3 Å². The Balaban J connectivity index is 1.10. The zero-order chi connectivity index (χ0) is 27.6. The zero-order valence-corrected chi connectivity index (χ0v) is 24.5. The molecule has 10 heteroatoms. The van der Waals surface area contributed by atoms with Gasteiger partial charge in [0.2, 0.25) is 5.95 Å². The van der Waals surface area contributed by atoms with Crippen LogP contribution in [0.4, 0.5) is 11.8 Å². The molecule has 212 valence electrons. The maximum Gasteiger partial charge on any atom is 0.251 e. The highest BCUT2D eigenvalue weighted by Crippen LogP contribution is 2.38. The lowest BCUT2D eigenvalue weighted by atomic mass is 9.88. The molecule has 3 aromatic rings. The third-order valence-electron chi connectivity index (χ3n) is 8.55. The number of aromatic nitrogens is 4. The van der Waals surface area contributed by atoms with Gasteiger partial charge in [-0.15, -0.1) is 11.8 Å². The molecule has 2 N–H and O–H groups in total. The van der Waals surface area contributed by atoms with E-state index in [4.69, 9.17) is 14.7 Å². The maximum atomic E-state index is 13.0. The molecule has 6 rings (SSSR count). The number of thioether (sulfide) groups is 1. The summed E-state index contributed by atoms with van der Waals surface area (Å²) in [5, 5.41) is 11.3. The Morgan fingerprint density at radius 2 is 1.93 bits per heavy atom. The summed E-state index contributed by atoms with van der Waals surface area (Å²) in [6.45, 7) is 7.93. The number of carbonyl (C=O) groups excluding carboxylic acids is 1. The van der Waals surface area contributed by atoms with Gasteiger partial charge in [-0.2, -0.15) is 10.1 Å². The fourth-order valence-electron chi connectivity index (χ4n) is 6.02. The zero-order valence-electron chi connectivity index (χ0n) is 23.7. The summed E-state index contributed by atoms with van der Waals surface area (Å²) in [6.07, 6.45) is 5.06. The van der Waals surface area contributed by atoms with Crippen LogP contribution in [0.2, 0.25) is 0 Å². The van der Waals surface area contributed by atoms with Crippen molar-refractivity contribution in [3.8, 4) is 0 Å². The second-order valence-corrected chi connectivity index (χ2v) is 12.2. The molecule has 0 aliphatic carbocycles. The minimum absolute atomic E-state index is 0.0455. The largest absolute Gasteiger partial charge is 0.381 e. The van der Waals surface area contributed by atoms with Crippen LogP contribution in [-0.4, -0.2) is 63.8 Å². The number of nitrogens with zero attached hydrogens (tertiary/aromatic N) is 5. The summed E-state index contributed by atoms with van der Waals surface area (Å²) in [6, 6.07) is 8.55. The molecule has 0 radical (unpaired) electrons. The molecule has 5 heterocycles. The molecule has 40 heavy (non-hydrogen) atoms. The van der Waals surface area contributed by atoms with Crippen LogP contribution in [0.1, 0.15) is 70.2 Å². The summed E-state index contributed by atoms with van der Waals surface area (Å²) in [4.78, 5) is 26.6. The van der Waals surface area contributed by atoms with Crippen molar-refractivity contribution in [1.29, 1.82) is 0 Å². The molecule has 0 unspecified atom stereocenters. The number of aryl methyl sites for hydroxylation is 3. The summed E-state index contributed by atoms with van der Waals surface area (Å²) in [7, 11) is 1.93. The minimum Gasteiger partial charge on any atom is -0.381 e. The molecule has 0 bridgehead atoms. The molecule has 9 nitrogen and oxygen atoms in total. The lowest BCUT2D eigenvalue weighted by Gasteiger charge is -2.33. The van der Waals surface area contributed by atoms with Crippen LogP contribution in [0.5, 0.6) is 0 Å². The molecule has 2 aromatic heterocycles. The number of hydrogen-bond donors (Lipinski definition) is 2. The molecule has 1 amide bonds. The van der Waals surface area contributed by atoms with E-state index in [0.717, 1.165) is 92.9 Å². The summed E-state index contributed by atoms with van der Waals surface area (Å²) in [5.41, 5.74) is 6.24. The molecular formula is C30H39N7O2S. The average molecular weight is 562 g/mol. The third-order valence-corrected chi connectivity index (χ3v) is 9.68. The number of fused-ring (bicyclic) bond motifs is 1. The van der Waals surface area contributed by atoms with Crippen LogP contribution < -0.4 is 15.5 Å². The number of amides is 1. The van der Waals surface area contributed by atoms with Crippen LogP contribution in [0, 0.1) is 13.8 Å². The van der Waals surface area contributed by atoms with Crippen LogP contribution in [0.15, 0.2) is 29.2 Å². The number of anilines is 2. The predicted octanol–water partition coefficient (Wildman–Crippen LogP) is 4.38. The second-order valence-electron chi connectivity index (χ2n) is 11.1. The Morgan fingerprint density at radius 1 is 1.12 bits per heavy atom. The highest BCUT2D eigenvalue weighted by Gasteiger charge is 2.27. The van der Waals surface area contributed by atoms with E-state index in [-0.39, 0.29) is 5.91 Å². The smallest absolute Gasteiger partial charge is 0.251 e. The van der Waals surface area contributed by atoms with E-state index >= 15 is 0 Å². The van der Waals surface area contributed by atoms with Gasteiger partial charge in [-0.05, 0) is 63.1 Å². The molecule has 0 spiro atoms. The Bertz CT molecular complexity index is 1380. The summed E-state index contributed by atoms with van der Waals surface area (Å²) >= 11 is 1.87. The summed E-state index contributed by atoms with van der Waals surface area (Å²) in [5.74, 6) is 3.30. The molecular weight excluding hydrogens is 522 g/mol. The van der Waals surface area contributed by atoms with Crippen molar-refractivity contribution in [1.82, 2.24) is 25.1 Å². The highest BCUT2D eigenvalue weighted by molar-refractivity contribution is 7.99. The second kappa shape index (κ2) is 11.8. The Labute approximate surface area is 240 Å². The van der Waals surface area contributed by atoms with Crippen LogP contribution >= 0.6 is 11.8 Å². The van der Waals surface area contributed by atoms with Crippen molar-refractivity contribution in [2.24, 2.45) is 7.05 Å². The van der Waals surface area contributed by atoms with E-state index < -0.39 is 0 Å². The Hall–Kier alpha value is -3.11. The van der Waals surface area contributed by atoms with Gasteiger partial charge in [-0.1, -0.05) is 12.1 Å². The SMILES string of the molecule is Cc1nn(C)c(C)c1CNC(=O)c1cccc(C2CCN(c3nc4c(c(NC5CCOCC5)n3)SCC4)CC2)c1. The number of carbonyl (C=O) groups is 1. The van der Waals surface area contributed by atoms with E-state index in [0.29, 0.717) is 24.1 Å². The van der Waals surface area contributed by atoms with Gasteiger partial charge >= 0.3 is 0 Å². The van der Waals surface area contributed by atoms with Crippen molar-refractivity contribution in [2.45, 2.75) is 69.4 Å². The van der Waals surface area contributed by atoms with Crippen molar-refractivity contribution in [3.63, 3.8) is 0 Å². The first kappa shape index (κ1) is 27.1. The van der Waals surface area contributed by atoms with E-state index in [1.165, 1.54) is 16.2 Å². The van der Waals surface area contributed by atoms with Gasteiger partial charge in [0.05, 0.1) is 16.3 Å². The van der Waals surface area contributed by atoms with Crippen molar-refractivity contribution >= 4 is 29.4 Å². The first-order chi connectivity index (χ1) is 19.5. The van der Waals surface area contributed by atoms with Crippen LogP contribution in [0.3, 0.4) is 0 Å². The van der Waals surface area contributed by atoms with Crippen molar-refractivity contribution in [3.05, 3.63) is 58.0 Å². The molecule has 3 aliphatic heterocycles. The molecule has 0 saturated carbocycles. The number of benzene rings is 1.